The predicted molar refractivity (Wildman–Crippen MR) is 27.6 cm³/mol. The minimum atomic E-state index is -1.28. The third kappa shape index (κ3) is 2.82. The van der Waals surface area contributed by atoms with Gasteiger partial charge in [0.2, 0.25) is 0 Å². The summed E-state index contributed by atoms with van der Waals surface area (Å²) in [7, 11) is 0. The average molecular weight is 193 g/mol. The maximum atomic E-state index is 10.1. The molecule has 0 fully saturated rings. The van der Waals surface area contributed by atoms with Crippen LogP contribution in [0.1, 0.15) is 20.3 Å². The minimum absolute atomic E-state index is 0.570. The molecular formula is C4H10OSn. The van der Waals surface area contributed by atoms with E-state index in [4.69, 9.17) is 0 Å². The summed E-state index contributed by atoms with van der Waals surface area (Å²) in [5.41, 5.74) is 0. The molecule has 0 aliphatic rings. The second-order valence-corrected chi connectivity index (χ2v) is 5.55. The van der Waals surface area contributed by atoms with E-state index in [-0.39, 0.29) is 0 Å². The van der Waals surface area contributed by atoms with E-state index >= 15 is 0 Å². The molecule has 2 heteroatoms. The SMILES string of the molecule is CC[CH](C)[SnH]=[O]. The normalized spacial score (nSPS) is 13.7. The quantitative estimate of drug-likeness (QED) is 0.597. The van der Waals surface area contributed by atoms with Gasteiger partial charge in [0, 0.05) is 0 Å². The molecule has 0 bridgehead atoms. The van der Waals surface area contributed by atoms with Crippen molar-refractivity contribution in [3.63, 3.8) is 0 Å². The van der Waals surface area contributed by atoms with E-state index in [2.05, 4.69) is 6.92 Å². The molecule has 0 aliphatic heterocycles. The Morgan fingerprint density at radius 2 is 2.33 bits per heavy atom. The van der Waals surface area contributed by atoms with Crippen LogP contribution in [0, 0.1) is 0 Å². The van der Waals surface area contributed by atoms with Crippen LogP contribution in [0.2, 0.25) is 3.93 Å². The molecule has 1 atom stereocenters. The third-order valence-electron chi connectivity index (χ3n) is 0.876. The second kappa shape index (κ2) is 3.78. The summed E-state index contributed by atoms with van der Waals surface area (Å²) in [6.07, 6.45) is 1.10. The summed E-state index contributed by atoms with van der Waals surface area (Å²) in [5, 5.41) is 0. The summed E-state index contributed by atoms with van der Waals surface area (Å²) >= 11 is -1.28. The van der Waals surface area contributed by atoms with Gasteiger partial charge in [0.25, 0.3) is 0 Å². The molecule has 1 unspecified atom stereocenters. The van der Waals surface area contributed by atoms with Gasteiger partial charge in [-0.15, -0.1) is 0 Å². The van der Waals surface area contributed by atoms with Crippen molar-refractivity contribution in [1.82, 2.24) is 0 Å². The number of hydrogen-bond acceptors (Lipinski definition) is 1. The molecule has 0 saturated heterocycles. The molecule has 36 valence electrons. The topological polar surface area (TPSA) is 17.1 Å². The van der Waals surface area contributed by atoms with Gasteiger partial charge in [-0.1, -0.05) is 0 Å². The molecule has 0 saturated carbocycles. The van der Waals surface area contributed by atoms with Crippen molar-refractivity contribution >= 4 is 21.1 Å². The standard InChI is InChI=1S/C4H9.O.Sn.H/c1-3-4-2;;;/h3H,4H2,1-2H3;;;. The Morgan fingerprint density at radius 3 is 2.33 bits per heavy atom. The molecule has 0 aliphatic carbocycles. The molecule has 0 heterocycles. The Hall–Kier alpha value is 0.599. The first kappa shape index (κ1) is 6.60. The first-order chi connectivity index (χ1) is 2.81. The Bertz CT molecular complexity index is 44.8. The first-order valence-electron chi connectivity index (χ1n) is 2.26. The Kier molecular flexibility index (Phi) is 4.15. The fourth-order valence-corrected chi connectivity index (χ4v) is 0.645. The molecule has 0 aromatic rings. The second-order valence-electron chi connectivity index (χ2n) is 1.52. The summed E-state index contributed by atoms with van der Waals surface area (Å²) in [6.45, 7) is 4.13. The Labute approximate surface area is 48.7 Å². The van der Waals surface area contributed by atoms with Crippen LogP contribution in [0.4, 0.5) is 0 Å². The zero-order chi connectivity index (χ0) is 4.99. The van der Waals surface area contributed by atoms with Crippen LogP contribution in [-0.2, 0) is 3.08 Å². The van der Waals surface area contributed by atoms with Crippen LogP contribution in [0.3, 0.4) is 0 Å². The van der Waals surface area contributed by atoms with Crippen LogP contribution in [0.15, 0.2) is 0 Å². The van der Waals surface area contributed by atoms with E-state index in [1.54, 1.807) is 0 Å². The van der Waals surface area contributed by atoms with Crippen LogP contribution in [0.25, 0.3) is 0 Å². The monoisotopic (exact) mass is 194 g/mol. The van der Waals surface area contributed by atoms with E-state index in [9.17, 15) is 3.08 Å². The fraction of sp³-hybridized carbons (Fsp3) is 1.00. The number of rotatable bonds is 2. The Balaban J connectivity index is 2.96. The van der Waals surface area contributed by atoms with Gasteiger partial charge in [0.1, 0.15) is 0 Å². The van der Waals surface area contributed by atoms with Crippen molar-refractivity contribution in [3.05, 3.63) is 0 Å². The van der Waals surface area contributed by atoms with E-state index < -0.39 is 21.1 Å². The zero-order valence-corrected chi connectivity index (χ0v) is 7.57. The average Bonchev–Trinajstić information content (AvgIpc) is 1.65. The van der Waals surface area contributed by atoms with Crippen LogP contribution in [-0.4, -0.2) is 21.1 Å². The number of hydrogen-bond donors (Lipinski definition) is 0. The fourth-order valence-electron chi connectivity index (χ4n) is 0.0962. The molecule has 0 rings (SSSR count). The van der Waals surface area contributed by atoms with Crippen molar-refractivity contribution in [2.45, 2.75) is 24.2 Å². The predicted octanol–water partition coefficient (Wildman–Crippen LogP) is 0.987. The molecule has 0 aromatic carbocycles. The molecular weight excluding hydrogens is 183 g/mol. The van der Waals surface area contributed by atoms with Crippen molar-refractivity contribution < 1.29 is 3.08 Å². The molecule has 0 spiro atoms. The van der Waals surface area contributed by atoms with Gasteiger partial charge in [-0.05, 0) is 0 Å². The summed E-state index contributed by atoms with van der Waals surface area (Å²) in [5.74, 6) is 0. The summed E-state index contributed by atoms with van der Waals surface area (Å²) in [4.78, 5) is 0. The van der Waals surface area contributed by atoms with Gasteiger partial charge in [-0.3, -0.25) is 0 Å². The molecule has 0 radical (unpaired) electrons. The van der Waals surface area contributed by atoms with Crippen molar-refractivity contribution in [2.24, 2.45) is 0 Å². The molecule has 1 nitrogen and oxygen atoms in total. The first-order valence-corrected chi connectivity index (χ1v) is 5.51. The zero-order valence-electron chi connectivity index (χ0n) is 4.27. The summed E-state index contributed by atoms with van der Waals surface area (Å²) in [6, 6.07) is 0. The van der Waals surface area contributed by atoms with Crippen molar-refractivity contribution in [3.8, 4) is 0 Å². The van der Waals surface area contributed by atoms with Crippen LogP contribution < -0.4 is 0 Å². The maximum absolute atomic E-state index is 10.1. The van der Waals surface area contributed by atoms with Gasteiger partial charge < -0.3 is 0 Å². The molecule has 6 heavy (non-hydrogen) atoms. The molecule has 0 amide bonds. The van der Waals surface area contributed by atoms with Crippen LogP contribution >= 0.6 is 0 Å². The van der Waals surface area contributed by atoms with Gasteiger partial charge in [0.05, 0.1) is 0 Å². The van der Waals surface area contributed by atoms with Crippen molar-refractivity contribution in [1.29, 1.82) is 0 Å². The van der Waals surface area contributed by atoms with Gasteiger partial charge in [-0.25, -0.2) is 0 Å². The van der Waals surface area contributed by atoms with Gasteiger partial charge in [0.15, 0.2) is 0 Å². The Morgan fingerprint density at radius 1 is 1.83 bits per heavy atom. The van der Waals surface area contributed by atoms with Gasteiger partial charge >= 0.3 is 48.4 Å². The molecule has 0 aromatic heterocycles. The van der Waals surface area contributed by atoms with E-state index in [0.29, 0.717) is 3.93 Å². The molecule has 0 N–H and O–H groups in total. The van der Waals surface area contributed by atoms with Gasteiger partial charge in [-0.2, -0.15) is 0 Å². The van der Waals surface area contributed by atoms with Crippen molar-refractivity contribution in [2.75, 3.05) is 0 Å². The third-order valence-corrected chi connectivity index (χ3v) is 3.55. The van der Waals surface area contributed by atoms with E-state index in [1.807, 2.05) is 6.92 Å². The van der Waals surface area contributed by atoms with E-state index in [1.165, 1.54) is 0 Å². The van der Waals surface area contributed by atoms with Crippen LogP contribution in [0.5, 0.6) is 0 Å². The summed E-state index contributed by atoms with van der Waals surface area (Å²) < 4.78 is 10.6. The van der Waals surface area contributed by atoms with E-state index in [0.717, 1.165) is 6.42 Å².